The number of nitrogens with two attached hydrogens (primary N) is 1. The maximum absolute atomic E-state index is 11.7. The van der Waals surface area contributed by atoms with Crippen LogP contribution in [0.1, 0.15) is 41.4 Å². The van der Waals surface area contributed by atoms with Gasteiger partial charge in [0.05, 0.1) is 21.9 Å². The molecular formula is C19H20N6O3. The molecule has 0 aliphatic heterocycles. The summed E-state index contributed by atoms with van der Waals surface area (Å²) in [5, 5.41) is 18.6. The Balaban J connectivity index is 1.89. The molecule has 0 unspecified atom stereocenters. The maximum Gasteiger partial charge on any atom is 0.288 e. The number of rotatable bonds is 7. The first-order chi connectivity index (χ1) is 13.4. The fourth-order valence-corrected chi connectivity index (χ4v) is 2.82. The number of para-hydroxylation sites is 1. The van der Waals surface area contributed by atoms with E-state index in [0.717, 1.165) is 29.2 Å². The second-order valence-electron chi connectivity index (χ2n) is 6.54. The fourth-order valence-electron chi connectivity index (χ4n) is 2.82. The summed E-state index contributed by atoms with van der Waals surface area (Å²) in [5.74, 6) is -0.412. The summed E-state index contributed by atoms with van der Waals surface area (Å²) in [7, 11) is 0. The number of carbonyl (C=O) groups is 1. The van der Waals surface area contributed by atoms with Crippen molar-refractivity contribution in [2.24, 2.45) is 5.73 Å². The summed E-state index contributed by atoms with van der Waals surface area (Å²) in [5.41, 5.74) is 7.79. The van der Waals surface area contributed by atoms with Crippen molar-refractivity contribution in [1.29, 1.82) is 0 Å². The smallest absolute Gasteiger partial charge is 0.288 e. The highest BCUT2D eigenvalue weighted by atomic mass is 16.6. The van der Waals surface area contributed by atoms with Gasteiger partial charge in [0, 0.05) is 24.4 Å². The van der Waals surface area contributed by atoms with Gasteiger partial charge in [0.1, 0.15) is 12.0 Å². The summed E-state index contributed by atoms with van der Waals surface area (Å²) >= 11 is 0. The van der Waals surface area contributed by atoms with Crippen LogP contribution >= 0.6 is 0 Å². The van der Waals surface area contributed by atoms with Crippen LogP contribution in [-0.2, 0) is 6.54 Å². The number of nitrogens with zero attached hydrogens (tertiary/aromatic N) is 4. The van der Waals surface area contributed by atoms with Crippen LogP contribution in [0.25, 0.3) is 5.69 Å². The Morgan fingerprint density at radius 3 is 2.64 bits per heavy atom. The van der Waals surface area contributed by atoms with E-state index in [0.29, 0.717) is 6.54 Å². The van der Waals surface area contributed by atoms with E-state index in [4.69, 9.17) is 5.73 Å². The van der Waals surface area contributed by atoms with E-state index in [1.54, 1.807) is 4.68 Å². The van der Waals surface area contributed by atoms with E-state index in [2.05, 4.69) is 15.4 Å². The first-order valence-electron chi connectivity index (χ1n) is 8.68. The summed E-state index contributed by atoms with van der Waals surface area (Å²) in [6.45, 7) is 4.42. The van der Waals surface area contributed by atoms with Gasteiger partial charge >= 0.3 is 0 Å². The van der Waals surface area contributed by atoms with Gasteiger partial charge in [-0.05, 0) is 18.1 Å². The average Bonchev–Trinajstić information content (AvgIpc) is 3.11. The number of primary amides is 1. The SMILES string of the molecule is CC(C)c1nn(-c2ccccc2)cc1CNc1ncc([N+](=O)[O-])cc1C(N)=O. The predicted molar refractivity (Wildman–Crippen MR) is 104 cm³/mol. The third kappa shape index (κ3) is 3.98. The highest BCUT2D eigenvalue weighted by Crippen LogP contribution is 2.23. The van der Waals surface area contributed by atoms with E-state index in [1.807, 2.05) is 50.4 Å². The molecule has 0 saturated heterocycles. The first-order valence-corrected chi connectivity index (χ1v) is 8.68. The molecule has 144 valence electrons. The zero-order valence-electron chi connectivity index (χ0n) is 15.5. The number of nitrogens with one attached hydrogen (secondary N) is 1. The van der Waals surface area contributed by atoms with Crippen molar-refractivity contribution in [3.63, 3.8) is 0 Å². The second-order valence-corrected chi connectivity index (χ2v) is 6.54. The van der Waals surface area contributed by atoms with Gasteiger partial charge < -0.3 is 11.1 Å². The minimum absolute atomic E-state index is 0.0317. The Morgan fingerprint density at radius 1 is 1.32 bits per heavy atom. The lowest BCUT2D eigenvalue weighted by atomic mass is 10.1. The number of amides is 1. The van der Waals surface area contributed by atoms with Crippen LogP contribution in [0, 0.1) is 10.1 Å². The van der Waals surface area contributed by atoms with Gasteiger partial charge in [0.15, 0.2) is 0 Å². The molecule has 2 aromatic heterocycles. The number of nitro groups is 1. The Morgan fingerprint density at radius 2 is 2.04 bits per heavy atom. The minimum Gasteiger partial charge on any atom is -0.365 e. The Kier molecular flexibility index (Phi) is 5.35. The topological polar surface area (TPSA) is 129 Å². The molecule has 3 N–H and O–H groups in total. The van der Waals surface area contributed by atoms with E-state index in [1.165, 1.54) is 0 Å². The summed E-state index contributed by atoms with van der Waals surface area (Å²) in [6, 6.07) is 10.8. The molecule has 28 heavy (non-hydrogen) atoms. The molecule has 0 saturated carbocycles. The van der Waals surface area contributed by atoms with Gasteiger partial charge in [0.2, 0.25) is 0 Å². The van der Waals surface area contributed by atoms with E-state index in [9.17, 15) is 14.9 Å². The van der Waals surface area contributed by atoms with Crippen molar-refractivity contribution in [2.75, 3.05) is 5.32 Å². The van der Waals surface area contributed by atoms with Gasteiger partial charge in [0.25, 0.3) is 11.6 Å². The average molecular weight is 380 g/mol. The van der Waals surface area contributed by atoms with Gasteiger partial charge in [-0.25, -0.2) is 9.67 Å². The van der Waals surface area contributed by atoms with Crippen LogP contribution in [0.15, 0.2) is 48.8 Å². The summed E-state index contributed by atoms with van der Waals surface area (Å²) < 4.78 is 1.80. The van der Waals surface area contributed by atoms with E-state index in [-0.39, 0.29) is 23.0 Å². The quantitative estimate of drug-likeness (QED) is 0.479. The van der Waals surface area contributed by atoms with Gasteiger partial charge in [-0.3, -0.25) is 14.9 Å². The standard InChI is InChI=1S/C19H20N6O3/c1-12(2)17-13(11-24(23-17)14-6-4-3-5-7-14)9-21-19-16(18(20)26)8-15(10-22-19)25(27)28/h3-8,10-12H,9H2,1-2H3,(H2,20,26)(H,21,22). The molecule has 0 fully saturated rings. The van der Waals surface area contributed by atoms with E-state index >= 15 is 0 Å². The molecule has 0 aliphatic rings. The number of aromatic nitrogens is 3. The third-order valence-electron chi connectivity index (χ3n) is 4.19. The van der Waals surface area contributed by atoms with Crippen molar-refractivity contribution in [3.05, 3.63) is 75.7 Å². The molecule has 0 radical (unpaired) electrons. The lowest BCUT2D eigenvalue weighted by Gasteiger charge is -2.10. The van der Waals surface area contributed by atoms with Crippen LogP contribution in [0.2, 0.25) is 0 Å². The molecule has 0 aliphatic carbocycles. The summed E-state index contributed by atoms with van der Waals surface area (Å²) in [6.07, 6.45) is 3.00. The molecular weight excluding hydrogens is 360 g/mol. The summed E-state index contributed by atoms with van der Waals surface area (Å²) in [4.78, 5) is 26.0. The zero-order chi connectivity index (χ0) is 20.3. The van der Waals surface area contributed by atoms with Crippen molar-refractivity contribution in [3.8, 4) is 5.69 Å². The van der Waals surface area contributed by atoms with Crippen LogP contribution in [0.5, 0.6) is 0 Å². The van der Waals surface area contributed by atoms with Gasteiger partial charge in [-0.1, -0.05) is 32.0 Å². The first kappa shape index (κ1) is 19.0. The molecule has 3 rings (SSSR count). The molecule has 1 aromatic carbocycles. The Hall–Kier alpha value is -3.75. The molecule has 2 heterocycles. The monoisotopic (exact) mass is 380 g/mol. The van der Waals surface area contributed by atoms with Crippen LogP contribution in [0.4, 0.5) is 11.5 Å². The minimum atomic E-state index is -0.789. The van der Waals surface area contributed by atoms with Crippen LogP contribution < -0.4 is 11.1 Å². The van der Waals surface area contributed by atoms with Gasteiger partial charge in [-0.15, -0.1) is 0 Å². The van der Waals surface area contributed by atoms with Crippen LogP contribution in [0.3, 0.4) is 0 Å². The van der Waals surface area contributed by atoms with E-state index < -0.39 is 10.8 Å². The number of benzene rings is 1. The van der Waals surface area contributed by atoms with Crippen molar-refractivity contribution in [1.82, 2.24) is 14.8 Å². The second kappa shape index (κ2) is 7.87. The molecule has 1 amide bonds. The number of hydrogen-bond acceptors (Lipinski definition) is 6. The largest absolute Gasteiger partial charge is 0.365 e. The number of carbonyl (C=O) groups excluding carboxylic acids is 1. The highest BCUT2D eigenvalue weighted by molar-refractivity contribution is 5.98. The molecule has 9 nitrogen and oxygen atoms in total. The fraction of sp³-hybridized carbons (Fsp3) is 0.211. The molecule has 0 atom stereocenters. The molecule has 0 bridgehead atoms. The number of pyridine rings is 1. The molecule has 9 heteroatoms. The Labute approximate surface area is 161 Å². The van der Waals surface area contributed by atoms with Crippen LogP contribution in [-0.4, -0.2) is 25.6 Å². The lowest BCUT2D eigenvalue weighted by molar-refractivity contribution is -0.385. The van der Waals surface area contributed by atoms with Gasteiger partial charge in [-0.2, -0.15) is 5.10 Å². The molecule has 3 aromatic rings. The lowest BCUT2D eigenvalue weighted by Crippen LogP contribution is -2.16. The van der Waals surface area contributed by atoms with Crippen molar-refractivity contribution < 1.29 is 9.72 Å². The third-order valence-corrected chi connectivity index (χ3v) is 4.19. The predicted octanol–water partition coefficient (Wildman–Crippen LogP) is 3.01. The molecule has 0 spiro atoms. The number of anilines is 1. The van der Waals surface area contributed by atoms with Crippen molar-refractivity contribution >= 4 is 17.4 Å². The normalized spacial score (nSPS) is 10.8. The van der Waals surface area contributed by atoms with Crippen molar-refractivity contribution in [2.45, 2.75) is 26.3 Å². The highest BCUT2D eigenvalue weighted by Gasteiger charge is 2.18. The Bertz CT molecular complexity index is 1010. The maximum atomic E-state index is 11.7. The number of hydrogen-bond donors (Lipinski definition) is 2. The zero-order valence-corrected chi connectivity index (χ0v) is 15.5.